The number of benzene rings is 1. The van der Waals surface area contributed by atoms with Gasteiger partial charge in [-0.1, -0.05) is 12.1 Å². The molecule has 3 rings (SSSR count). The number of pyridine rings is 1. The third kappa shape index (κ3) is 5.26. The van der Waals surface area contributed by atoms with Crippen LogP contribution in [0.4, 0.5) is 5.82 Å². The molecule has 2 aromatic rings. The molecular weight excluding hydrogens is 364 g/mol. The van der Waals surface area contributed by atoms with E-state index in [9.17, 15) is 4.79 Å². The summed E-state index contributed by atoms with van der Waals surface area (Å²) in [6.45, 7) is 6.93. The second kappa shape index (κ2) is 9.27. The largest absolute Gasteiger partial charge is 0.497 e. The smallest absolute Gasteiger partial charge is 0.257 e. The zero-order chi connectivity index (χ0) is 21.0. The summed E-state index contributed by atoms with van der Waals surface area (Å²) in [4.78, 5) is 21.6. The van der Waals surface area contributed by atoms with Gasteiger partial charge in [0, 0.05) is 51.9 Å². The number of ether oxygens (including phenoxy) is 1. The topological polar surface area (TPSA) is 57.7 Å². The maximum atomic E-state index is 12.7. The van der Waals surface area contributed by atoms with E-state index in [0.717, 1.165) is 43.9 Å². The van der Waals surface area contributed by atoms with E-state index in [4.69, 9.17) is 9.72 Å². The van der Waals surface area contributed by atoms with Crippen LogP contribution >= 0.6 is 0 Å². The number of nitrogens with one attached hydrogen (secondary N) is 1. The molecule has 0 aliphatic carbocycles. The SMILES string of the molecule is COc1ccc(CN2CCc3cc(C(=O)N(C)C)c(NC(C)C)nc3CC2)cc1. The second-order valence-electron chi connectivity index (χ2n) is 8.11. The highest BCUT2D eigenvalue weighted by molar-refractivity contribution is 5.98. The lowest BCUT2D eigenvalue weighted by atomic mass is 10.0. The molecular formula is C23H32N4O2. The molecule has 1 aliphatic heterocycles. The molecule has 0 bridgehead atoms. The Labute approximate surface area is 173 Å². The minimum atomic E-state index is -0.0113. The first-order valence-corrected chi connectivity index (χ1v) is 10.2. The molecule has 6 nitrogen and oxygen atoms in total. The van der Waals surface area contributed by atoms with Gasteiger partial charge in [-0.2, -0.15) is 0 Å². The van der Waals surface area contributed by atoms with Crippen LogP contribution in [0.15, 0.2) is 30.3 Å². The van der Waals surface area contributed by atoms with E-state index in [1.807, 2.05) is 18.2 Å². The van der Waals surface area contributed by atoms with Crippen LogP contribution in [0.1, 0.15) is 41.0 Å². The molecule has 0 saturated carbocycles. The van der Waals surface area contributed by atoms with Gasteiger partial charge in [0.25, 0.3) is 5.91 Å². The zero-order valence-corrected chi connectivity index (χ0v) is 18.2. The van der Waals surface area contributed by atoms with E-state index in [-0.39, 0.29) is 11.9 Å². The minimum Gasteiger partial charge on any atom is -0.497 e. The third-order valence-electron chi connectivity index (χ3n) is 5.18. The van der Waals surface area contributed by atoms with E-state index in [1.54, 1.807) is 26.1 Å². The van der Waals surface area contributed by atoms with Crippen LogP contribution in [0, 0.1) is 0 Å². The molecule has 29 heavy (non-hydrogen) atoms. The second-order valence-corrected chi connectivity index (χ2v) is 8.11. The van der Waals surface area contributed by atoms with Gasteiger partial charge in [0.15, 0.2) is 0 Å². The lowest BCUT2D eigenvalue weighted by molar-refractivity contribution is 0.0828. The van der Waals surface area contributed by atoms with Crippen LogP contribution in [0.2, 0.25) is 0 Å². The summed E-state index contributed by atoms with van der Waals surface area (Å²) in [7, 11) is 5.25. The van der Waals surface area contributed by atoms with Crippen LogP contribution in [0.25, 0.3) is 0 Å². The van der Waals surface area contributed by atoms with Crippen molar-refractivity contribution in [2.45, 2.75) is 39.3 Å². The van der Waals surface area contributed by atoms with Crippen molar-refractivity contribution in [1.29, 1.82) is 0 Å². The Morgan fingerprint density at radius 2 is 1.90 bits per heavy atom. The van der Waals surface area contributed by atoms with Crippen molar-refractivity contribution in [1.82, 2.24) is 14.8 Å². The average molecular weight is 397 g/mol. The normalized spacial score (nSPS) is 14.3. The number of carbonyl (C=O) groups excluding carboxylic acids is 1. The molecule has 1 N–H and O–H groups in total. The molecule has 0 radical (unpaired) electrons. The van der Waals surface area contributed by atoms with Crippen LogP contribution < -0.4 is 10.1 Å². The molecule has 0 saturated heterocycles. The first kappa shape index (κ1) is 21.1. The highest BCUT2D eigenvalue weighted by Crippen LogP contribution is 2.24. The van der Waals surface area contributed by atoms with Crippen molar-refractivity contribution in [2.24, 2.45) is 0 Å². The van der Waals surface area contributed by atoms with Crippen LogP contribution in [-0.2, 0) is 19.4 Å². The van der Waals surface area contributed by atoms with Crippen LogP contribution in [-0.4, -0.2) is 61.0 Å². The van der Waals surface area contributed by atoms with E-state index in [0.29, 0.717) is 11.4 Å². The number of aromatic nitrogens is 1. The van der Waals surface area contributed by atoms with Gasteiger partial charge in [0.2, 0.25) is 0 Å². The maximum absolute atomic E-state index is 12.7. The lowest BCUT2D eigenvalue weighted by Gasteiger charge is -2.19. The Hall–Kier alpha value is -2.60. The summed E-state index contributed by atoms with van der Waals surface area (Å²) in [5.74, 6) is 1.56. The van der Waals surface area contributed by atoms with Gasteiger partial charge in [-0.25, -0.2) is 4.98 Å². The summed E-state index contributed by atoms with van der Waals surface area (Å²) >= 11 is 0. The number of amides is 1. The van der Waals surface area contributed by atoms with Crippen molar-refractivity contribution in [3.05, 3.63) is 52.7 Å². The van der Waals surface area contributed by atoms with Crippen molar-refractivity contribution < 1.29 is 9.53 Å². The first-order chi connectivity index (χ1) is 13.9. The van der Waals surface area contributed by atoms with Crippen LogP contribution in [0.5, 0.6) is 5.75 Å². The van der Waals surface area contributed by atoms with Crippen molar-refractivity contribution in [3.8, 4) is 5.75 Å². The zero-order valence-electron chi connectivity index (χ0n) is 18.2. The molecule has 1 amide bonds. The number of hydrogen-bond acceptors (Lipinski definition) is 5. The maximum Gasteiger partial charge on any atom is 0.257 e. The predicted octanol–water partition coefficient (Wildman–Crippen LogP) is 3.21. The predicted molar refractivity (Wildman–Crippen MR) is 117 cm³/mol. The van der Waals surface area contributed by atoms with E-state index in [2.05, 4.69) is 36.2 Å². The fourth-order valence-corrected chi connectivity index (χ4v) is 3.61. The van der Waals surface area contributed by atoms with Gasteiger partial charge in [0.1, 0.15) is 11.6 Å². The van der Waals surface area contributed by atoms with Crippen molar-refractivity contribution in [2.75, 3.05) is 39.6 Å². The molecule has 1 aromatic heterocycles. The summed E-state index contributed by atoms with van der Waals surface area (Å²) < 4.78 is 5.25. The Bertz CT molecular complexity index is 847. The van der Waals surface area contributed by atoms with Gasteiger partial charge in [-0.05, 0) is 49.6 Å². The first-order valence-electron chi connectivity index (χ1n) is 10.2. The Balaban J connectivity index is 1.79. The number of methoxy groups -OCH3 is 1. The van der Waals surface area contributed by atoms with Crippen molar-refractivity contribution >= 4 is 11.7 Å². The Kier molecular flexibility index (Phi) is 6.75. The number of carbonyl (C=O) groups is 1. The lowest BCUT2D eigenvalue weighted by Crippen LogP contribution is -2.25. The molecule has 6 heteroatoms. The molecule has 2 heterocycles. The van der Waals surface area contributed by atoms with E-state index < -0.39 is 0 Å². The number of anilines is 1. The molecule has 0 unspecified atom stereocenters. The quantitative estimate of drug-likeness (QED) is 0.813. The fraction of sp³-hybridized carbons (Fsp3) is 0.478. The van der Waals surface area contributed by atoms with Crippen LogP contribution in [0.3, 0.4) is 0 Å². The standard InChI is InChI=1S/C23H32N4O2/c1-16(2)24-22-20(23(28)26(3)4)14-18-10-12-27(13-11-21(18)25-22)15-17-6-8-19(29-5)9-7-17/h6-9,14,16H,10-13,15H2,1-5H3,(H,24,25). The molecule has 1 aromatic carbocycles. The monoisotopic (exact) mass is 396 g/mol. The summed E-state index contributed by atoms with van der Waals surface area (Å²) in [5.41, 5.74) is 4.21. The van der Waals surface area contributed by atoms with Gasteiger partial charge in [-0.15, -0.1) is 0 Å². The van der Waals surface area contributed by atoms with E-state index in [1.165, 1.54) is 11.1 Å². The summed E-state index contributed by atoms with van der Waals surface area (Å²) in [6.07, 6.45) is 1.78. The molecule has 156 valence electrons. The molecule has 0 spiro atoms. The minimum absolute atomic E-state index is 0.0113. The summed E-state index contributed by atoms with van der Waals surface area (Å²) in [5, 5.41) is 3.36. The van der Waals surface area contributed by atoms with Crippen molar-refractivity contribution in [3.63, 3.8) is 0 Å². The number of fused-ring (bicyclic) bond motifs is 1. The third-order valence-corrected chi connectivity index (χ3v) is 5.18. The number of hydrogen-bond donors (Lipinski definition) is 1. The van der Waals surface area contributed by atoms with Gasteiger partial charge < -0.3 is 15.0 Å². The fourth-order valence-electron chi connectivity index (χ4n) is 3.61. The Morgan fingerprint density at radius 3 is 2.52 bits per heavy atom. The number of nitrogens with zero attached hydrogens (tertiary/aromatic N) is 3. The molecule has 0 atom stereocenters. The molecule has 0 fully saturated rings. The molecule has 1 aliphatic rings. The highest BCUT2D eigenvalue weighted by Gasteiger charge is 2.22. The number of rotatable bonds is 6. The van der Waals surface area contributed by atoms with Gasteiger partial charge >= 0.3 is 0 Å². The summed E-state index contributed by atoms with van der Waals surface area (Å²) in [6, 6.07) is 10.5. The highest BCUT2D eigenvalue weighted by atomic mass is 16.5. The average Bonchev–Trinajstić information content (AvgIpc) is 2.89. The van der Waals surface area contributed by atoms with E-state index >= 15 is 0 Å². The van der Waals surface area contributed by atoms with Gasteiger partial charge in [-0.3, -0.25) is 9.69 Å². The Morgan fingerprint density at radius 1 is 1.21 bits per heavy atom. The van der Waals surface area contributed by atoms with Gasteiger partial charge in [0.05, 0.1) is 12.7 Å².